The second-order valence-electron chi connectivity index (χ2n) is 4.23. The summed E-state index contributed by atoms with van der Waals surface area (Å²) in [7, 11) is 0. The van der Waals surface area contributed by atoms with E-state index in [1.54, 1.807) is 0 Å². The molecule has 1 aliphatic rings. The van der Waals surface area contributed by atoms with Crippen LogP contribution < -0.4 is 5.32 Å². The van der Waals surface area contributed by atoms with Gasteiger partial charge in [-0.2, -0.15) is 0 Å². The third-order valence-corrected chi connectivity index (χ3v) is 3.74. The van der Waals surface area contributed by atoms with Gasteiger partial charge in [-0.05, 0) is 13.8 Å². The van der Waals surface area contributed by atoms with E-state index < -0.39 is 0 Å². The molecule has 1 heterocycles. The van der Waals surface area contributed by atoms with Crippen molar-refractivity contribution in [1.82, 2.24) is 5.32 Å². The second kappa shape index (κ2) is 5.07. The van der Waals surface area contributed by atoms with E-state index in [-0.39, 0.29) is 13.2 Å². The second-order valence-corrected chi connectivity index (χ2v) is 4.23. The molecule has 1 rings (SSSR count). The fourth-order valence-electron chi connectivity index (χ4n) is 2.44. The van der Waals surface area contributed by atoms with Gasteiger partial charge in [0.05, 0.1) is 19.8 Å². The Hall–Kier alpha value is -0.160. The van der Waals surface area contributed by atoms with Gasteiger partial charge < -0.3 is 20.0 Å². The van der Waals surface area contributed by atoms with Gasteiger partial charge >= 0.3 is 0 Å². The molecule has 0 saturated carbocycles. The molecule has 0 aliphatic carbocycles. The van der Waals surface area contributed by atoms with E-state index >= 15 is 0 Å². The summed E-state index contributed by atoms with van der Waals surface area (Å²) in [5.74, 6) is 0. The molecule has 0 aromatic rings. The number of hydrogen-bond donors (Lipinski definition) is 3. The van der Waals surface area contributed by atoms with Gasteiger partial charge in [0.2, 0.25) is 0 Å². The number of quaternary nitrogens is 1. The maximum atomic E-state index is 9.00. The molecule has 1 saturated heterocycles. The Morgan fingerprint density at radius 2 is 1.64 bits per heavy atom. The van der Waals surface area contributed by atoms with E-state index in [9.17, 15) is 0 Å². The molecule has 14 heavy (non-hydrogen) atoms. The summed E-state index contributed by atoms with van der Waals surface area (Å²) >= 11 is 0. The van der Waals surface area contributed by atoms with E-state index in [1.807, 2.05) is 0 Å². The summed E-state index contributed by atoms with van der Waals surface area (Å²) in [5.41, 5.74) is 0. The summed E-state index contributed by atoms with van der Waals surface area (Å²) in [6.45, 7) is 8.47. The zero-order valence-corrected chi connectivity index (χ0v) is 9.24. The monoisotopic (exact) mass is 203 g/mol. The van der Waals surface area contributed by atoms with Crippen LogP contribution in [-0.4, -0.2) is 66.2 Å². The van der Waals surface area contributed by atoms with Gasteiger partial charge in [0.1, 0.15) is 18.6 Å². The van der Waals surface area contributed by atoms with Crippen molar-refractivity contribution in [3.63, 3.8) is 0 Å². The first-order valence-electron chi connectivity index (χ1n) is 5.48. The van der Waals surface area contributed by atoms with Crippen LogP contribution in [0.4, 0.5) is 0 Å². The highest BCUT2D eigenvalue weighted by Crippen LogP contribution is 2.38. The molecule has 0 radical (unpaired) electrons. The van der Waals surface area contributed by atoms with Crippen molar-refractivity contribution < 1.29 is 14.7 Å². The van der Waals surface area contributed by atoms with Gasteiger partial charge in [0, 0.05) is 13.1 Å². The third kappa shape index (κ3) is 2.25. The van der Waals surface area contributed by atoms with E-state index in [1.165, 1.54) is 0 Å². The lowest BCUT2D eigenvalue weighted by molar-refractivity contribution is -0.824. The quantitative estimate of drug-likeness (QED) is 0.287. The molecule has 1 aliphatic heterocycles. The van der Waals surface area contributed by atoms with Crippen LogP contribution in [-0.2, 0) is 0 Å². The standard InChI is InChI=1S/C10H23N2O2/c1-9-10(2)12(9,6-8-14)5-3-11-4-7-13/h9-11,13-14H,3-8H2,1-2H3/q+1/t9-,10?,12?/m0/s1. The van der Waals surface area contributed by atoms with Gasteiger partial charge in [0.25, 0.3) is 0 Å². The normalized spacial score (nSPS) is 36.0. The third-order valence-electron chi connectivity index (χ3n) is 3.74. The molecule has 3 N–H and O–H groups in total. The number of hydrogen-bond acceptors (Lipinski definition) is 3. The smallest absolute Gasteiger partial charge is 0.139 e. The summed E-state index contributed by atoms with van der Waals surface area (Å²) in [6, 6.07) is 1.36. The van der Waals surface area contributed by atoms with Crippen molar-refractivity contribution in [2.75, 3.05) is 39.4 Å². The molecular formula is C10H23N2O2+. The zero-order chi connectivity index (χ0) is 10.6. The molecular weight excluding hydrogens is 180 g/mol. The first kappa shape index (κ1) is 11.9. The Kier molecular flexibility index (Phi) is 4.31. The topological polar surface area (TPSA) is 52.5 Å². The molecule has 0 spiro atoms. The molecule has 84 valence electrons. The zero-order valence-electron chi connectivity index (χ0n) is 9.24. The number of nitrogens with one attached hydrogen (secondary N) is 1. The maximum absolute atomic E-state index is 9.00. The predicted octanol–water partition coefficient (Wildman–Crippen LogP) is -0.832. The molecule has 0 aromatic heterocycles. The van der Waals surface area contributed by atoms with Crippen LogP contribution in [0.2, 0.25) is 0 Å². The van der Waals surface area contributed by atoms with Crippen molar-refractivity contribution >= 4 is 0 Å². The average Bonchev–Trinajstić information content (AvgIpc) is 2.67. The number of nitrogens with zero attached hydrogens (tertiary/aromatic N) is 1. The summed E-state index contributed by atoms with van der Waals surface area (Å²) in [6.07, 6.45) is 0. The lowest BCUT2D eigenvalue weighted by Crippen LogP contribution is -2.39. The Morgan fingerprint density at radius 3 is 2.07 bits per heavy atom. The van der Waals surface area contributed by atoms with Crippen LogP contribution in [0.5, 0.6) is 0 Å². The Morgan fingerprint density at radius 1 is 1.00 bits per heavy atom. The van der Waals surface area contributed by atoms with Crippen LogP contribution in [0, 0.1) is 0 Å². The minimum absolute atomic E-state index is 0.200. The fourth-order valence-corrected chi connectivity index (χ4v) is 2.44. The maximum Gasteiger partial charge on any atom is 0.139 e. The Bertz CT molecular complexity index is 168. The number of rotatable bonds is 7. The molecule has 4 heteroatoms. The summed E-state index contributed by atoms with van der Waals surface area (Å²) < 4.78 is 1.04. The van der Waals surface area contributed by atoms with Crippen molar-refractivity contribution in [3.8, 4) is 0 Å². The highest BCUT2D eigenvalue weighted by Gasteiger charge is 2.59. The molecule has 1 fully saturated rings. The predicted molar refractivity (Wildman–Crippen MR) is 56.0 cm³/mol. The van der Waals surface area contributed by atoms with E-state index in [2.05, 4.69) is 19.2 Å². The molecule has 0 aromatic carbocycles. The van der Waals surface area contributed by atoms with Crippen LogP contribution in [0.25, 0.3) is 0 Å². The van der Waals surface area contributed by atoms with Crippen LogP contribution in [0.3, 0.4) is 0 Å². The van der Waals surface area contributed by atoms with Crippen molar-refractivity contribution in [2.45, 2.75) is 25.9 Å². The molecule has 2 unspecified atom stereocenters. The van der Waals surface area contributed by atoms with E-state index in [4.69, 9.17) is 10.2 Å². The van der Waals surface area contributed by atoms with Gasteiger partial charge in [-0.15, -0.1) is 0 Å². The first-order valence-corrected chi connectivity index (χ1v) is 5.48. The molecule has 0 amide bonds. The van der Waals surface area contributed by atoms with Gasteiger partial charge in [-0.3, -0.25) is 0 Å². The number of aliphatic hydroxyl groups excluding tert-OH is 2. The minimum Gasteiger partial charge on any atom is -0.395 e. The van der Waals surface area contributed by atoms with Crippen molar-refractivity contribution in [1.29, 1.82) is 0 Å². The molecule has 3 atom stereocenters. The van der Waals surface area contributed by atoms with E-state index in [0.29, 0.717) is 18.6 Å². The lowest BCUT2D eigenvalue weighted by atomic mass is 10.4. The fraction of sp³-hybridized carbons (Fsp3) is 1.00. The van der Waals surface area contributed by atoms with Gasteiger partial charge in [-0.1, -0.05) is 0 Å². The van der Waals surface area contributed by atoms with Gasteiger partial charge in [0.15, 0.2) is 0 Å². The average molecular weight is 203 g/mol. The first-order chi connectivity index (χ1) is 6.69. The summed E-state index contributed by atoms with van der Waals surface area (Å²) in [4.78, 5) is 0. The minimum atomic E-state index is 0.200. The van der Waals surface area contributed by atoms with Crippen LogP contribution in [0.1, 0.15) is 13.8 Å². The molecule has 4 nitrogen and oxygen atoms in total. The van der Waals surface area contributed by atoms with Crippen LogP contribution in [0.15, 0.2) is 0 Å². The largest absolute Gasteiger partial charge is 0.395 e. The van der Waals surface area contributed by atoms with Crippen molar-refractivity contribution in [2.24, 2.45) is 0 Å². The highest BCUT2D eigenvalue weighted by molar-refractivity contribution is 4.81. The van der Waals surface area contributed by atoms with Gasteiger partial charge in [-0.25, -0.2) is 0 Å². The highest BCUT2D eigenvalue weighted by atomic mass is 16.3. The van der Waals surface area contributed by atoms with E-state index in [0.717, 1.165) is 24.1 Å². The van der Waals surface area contributed by atoms with Crippen molar-refractivity contribution in [3.05, 3.63) is 0 Å². The lowest BCUT2D eigenvalue weighted by Gasteiger charge is -2.20. The summed E-state index contributed by atoms with van der Waals surface area (Å²) in [5, 5.41) is 20.8. The Balaban J connectivity index is 2.25. The SMILES string of the molecule is CC1[C@H](C)[N+]1(CCO)CCNCCO. The molecule has 0 bridgehead atoms. The van der Waals surface area contributed by atoms with Crippen LogP contribution >= 0.6 is 0 Å². The Labute approximate surface area is 86.1 Å². The number of aliphatic hydroxyl groups is 2.